The van der Waals surface area contributed by atoms with Crippen LogP contribution in [0.4, 0.5) is 0 Å². The maximum Gasteiger partial charge on any atom is 0.233 e. The van der Waals surface area contributed by atoms with Crippen molar-refractivity contribution in [2.75, 3.05) is 0 Å². The number of nitrogens with zero attached hydrogens (tertiary/aromatic N) is 4. The summed E-state index contributed by atoms with van der Waals surface area (Å²) in [5.74, 6) is 1.06. The zero-order valence-corrected chi connectivity index (χ0v) is 13.9. The first-order chi connectivity index (χ1) is 11.6. The number of aromatic nitrogens is 3. The van der Waals surface area contributed by atoms with Gasteiger partial charge in [0.25, 0.3) is 0 Å². The van der Waals surface area contributed by atoms with Crippen molar-refractivity contribution in [3.63, 3.8) is 0 Å². The van der Waals surface area contributed by atoms with E-state index in [0.29, 0.717) is 22.7 Å². The molecule has 0 atom stereocenters. The van der Waals surface area contributed by atoms with Crippen LogP contribution in [0.15, 0.2) is 36.5 Å². The minimum Gasteiger partial charge on any atom is -0.438 e. The lowest BCUT2D eigenvalue weighted by Gasteiger charge is -2.13. The highest BCUT2D eigenvalue weighted by atomic mass is 35.5. The van der Waals surface area contributed by atoms with E-state index in [1.807, 2.05) is 38.1 Å². The molecule has 24 heavy (non-hydrogen) atoms. The van der Waals surface area contributed by atoms with Gasteiger partial charge in [-0.05, 0) is 72.5 Å². The molecule has 0 aliphatic heterocycles. The number of halogens is 1. The topological polar surface area (TPSA) is 71.7 Å². The minimum absolute atomic E-state index is 0.0834. The molecule has 0 aliphatic carbocycles. The Balaban J connectivity index is 2.06. The van der Waals surface area contributed by atoms with E-state index in [-0.39, 0.29) is 5.28 Å². The second-order valence-electron chi connectivity index (χ2n) is 5.22. The summed E-state index contributed by atoms with van der Waals surface area (Å²) in [5, 5.41) is 9.42. The Labute approximate surface area is 144 Å². The first-order valence-corrected chi connectivity index (χ1v) is 7.60. The van der Waals surface area contributed by atoms with Crippen molar-refractivity contribution in [1.82, 2.24) is 15.0 Å². The lowest BCUT2D eigenvalue weighted by Crippen LogP contribution is -1.97. The maximum atomic E-state index is 8.65. The van der Waals surface area contributed by atoms with Crippen LogP contribution in [-0.4, -0.2) is 15.0 Å². The molecule has 3 rings (SSSR count). The molecule has 0 unspecified atom stereocenters. The molecule has 3 aromatic rings. The molecule has 0 bridgehead atoms. The molecule has 0 N–H and O–H groups in total. The Hall–Kier alpha value is -2.97. The van der Waals surface area contributed by atoms with Gasteiger partial charge in [0, 0.05) is 12.3 Å². The van der Waals surface area contributed by atoms with Crippen molar-refractivity contribution in [2.45, 2.75) is 13.8 Å². The average Bonchev–Trinajstić information content (AvgIpc) is 2.56. The van der Waals surface area contributed by atoms with Crippen LogP contribution in [0.5, 0.6) is 11.6 Å². The molecule has 2 aromatic heterocycles. The molecule has 0 amide bonds. The number of fused-ring (bicyclic) bond motifs is 1. The lowest BCUT2D eigenvalue weighted by molar-refractivity contribution is 0.461. The Bertz CT molecular complexity index is 969. The lowest BCUT2D eigenvalue weighted by atomic mass is 10.1. The van der Waals surface area contributed by atoms with E-state index < -0.39 is 0 Å². The Morgan fingerprint density at radius 1 is 1.21 bits per heavy atom. The van der Waals surface area contributed by atoms with Crippen molar-refractivity contribution < 1.29 is 4.74 Å². The summed E-state index contributed by atoms with van der Waals surface area (Å²) in [5.41, 5.74) is 3.28. The van der Waals surface area contributed by atoms with Gasteiger partial charge in [-0.15, -0.1) is 0 Å². The summed E-state index contributed by atoms with van der Waals surface area (Å²) in [7, 11) is 0. The minimum atomic E-state index is 0.0834. The third-order valence-electron chi connectivity index (χ3n) is 3.44. The third kappa shape index (κ3) is 3.19. The van der Waals surface area contributed by atoms with Crippen molar-refractivity contribution >= 4 is 28.7 Å². The second-order valence-corrected chi connectivity index (χ2v) is 5.56. The van der Waals surface area contributed by atoms with Gasteiger partial charge in [-0.25, -0.2) is 4.98 Å². The molecule has 0 aliphatic rings. The van der Waals surface area contributed by atoms with Gasteiger partial charge in [0.2, 0.25) is 11.2 Å². The van der Waals surface area contributed by atoms with Crippen LogP contribution in [0.1, 0.15) is 16.7 Å². The number of nitriles is 1. The number of pyridine rings is 1. The third-order valence-corrected chi connectivity index (χ3v) is 3.61. The van der Waals surface area contributed by atoms with Gasteiger partial charge in [-0.3, -0.25) is 0 Å². The van der Waals surface area contributed by atoms with E-state index >= 15 is 0 Å². The number of aryl methyl sites for hydroxylation is 2. The number of allylic oxidation sites excluding steroid dienone is 1. The summed E-state index contributed by atoms with van der Waals surface area (Å²) < 4.78 is 6.03. The zero-order chi connectivity index (χ0) is 17.1. The highest BCUT2D eigenvalue weighted by molar-refractivity contribution is 6.28. The van der Waals surface area contributed by atoms with E-state index in [1.54, 1.807) is 18.3 Å². The predicted octanol–water partition coefficient (Wildman–Crippen LogP) is 4.62. The fraction of sp³-hybridized carbons (Fsp3) is 0.111. The number of benzene rings is 1. The molecule has 0 radical (unpaired) electrons. The van der Waals surface area contributed by atoms with Gasteiger partial charge >= 0.3 is 0 Å². The molecule has 2 heterocycles. The zero-order valence-electron chi connectivity index (χ0n) is 13.1. The molecule has 0 fully saturated rings. The van der Waals surface area contributed by atoms with Gasteiger partial charge in [0.15, 0.2) is 5.65 Å². The number of ether oxygens (including phenoxy) is 1. The summed E-state index contributed by atoms with van der Waals surface area (Å²) in [6, 6.07) is 9.50. The van der Waals surface area contributed by atoms with Crippen molar-refractivity contribution in [1.29, 1.82) is 5.26 Å². The normalized spacial score (nSPS) is 10.9. The van der Waals surface area contributed by atoms with Gasteiger partial charge in [-0.1, -0.05) is 0 Å². The van der Waals surface area contributed by atoms with Crippen LogP contribution in [0.2, 0.25) is 5.28 Å². The number of rotatable bonds is 3. The first kappa shape index (κ1) is 15.9. The predicted molar refractivity (Wildman–Crippen MR) is 93.0 cm³/mol. The molecule has 0 saturated carbocycles. The highest BCUT2D eigenvalue weighted by Crippen LogP contribution is 2.32. The summed E-state index contributed by atoms with van der Waals surface area (Å²) in [6.45, 7) is 3.88. The van der Waals surface area contributed by atoms with E-state index in [0.717, 1.165) is 16.7 Å². The fourth-order valence-corrected chi connectivity index (χ4v) is 2.62. The Morgan fingerprint density at radius 2 is 1.96 bits per heavy atom. The van der Waals surface area contributed by atoms with Crippen LogP contribution < -0.4 is 4.74 Å². The van der Waals surface area contributed by atoms with Crippen molar-refractivity contribution in [3.05, 3.63) is 58.5 Å². The quantitative estimate of drug-likeness (QED) is 0.515. The van der Waals surface area contributed by atoms with Crippen molar-refractivity contribution in [3.8, 4) is 17.7 Å². The van der Waals surface area contributed by atoms with E-state index in [4.69, 9.17) is 21.6 Å². The van der Waals surface area contributed by atoms with Crippen molar-refractivity contribution in [2.24, 2.45) is 0 Å². The highest BCUT2D eigenvalue weighted by Gasteiger charge is 2.13. The molecule has 0 spiro atoms. The van der Waals surface area contributed by atoms with Crippen LogP contribution >= 0.6 is 11.6 Å². The van der Waals surface area contributed by atoms with Gasteiger partial charge in [-0.2, -0.15) is 15.2 Å². The summed E-state index contributed by atoms with van der Waals surface area (Å²) >= 11 is 5.97. The Morgan fingerprint density at radius 3 is 2.67 bits per heavy atom. The standard InChI is InChI=1S/C18H13ClN4O/c1-11-9-13(5-3-7-20)10-12(2)15(11)24-17-14-6-4-8-21-16(14)22-18(19)23-17/h3-6,8-10H,1-2H3/b5-3+. The molecule has 1 aromatic carbocycles. The molecular weight excluding hydrogens is 324 g/mol. The molecule has 6 heteroatoms. The van der Waals surface area contributed by atoms with Gasteiger partial charge in [0.1, 0.15) is 5.75 Å². The van der Waals surface area contributed by atoms with E-state index in [2.05, 4.69) is 15.0 Å². The smallest absolute Gasteiger partial charge is 0.233 e. The van der Waals surface area contributed by atoms with Gasteiger partial charge in [0.05, 0.1) is 11.5 Å². The summed E-state index contributed by atoms with van der Waals surface area (Å²) in [6.07, 6.45) is 4.84. The van der Waals surface area contributed by atoms with Crippen LogP contribution in [-0.2, 0) is 0 Å². The summed E-state index contributed by atoms with van der Waals surface area (Å²) in [4.78, 5) is 12.5. The Kier molecular flexibility index (Phi) is 4.41. The van der Waals surface area contributed by atoms with Crippen LogP contribution in [0.25, 0.3) is 17.1 Å². The molecule has 5 nitrogen and oxygen atoms in total. The van der Waals surface area contributed by atoms with E-state index in [9.17, 15) is 0 Å². The maximum absolute atomic E-state index is 8.65. The monoisotopic (exact) mass is 336 g/mol. The van der Waals surface area contributed by atoms with Gasteiger partial charge < -0.3 is 4.74 Å². The number of hydrogen-bond acceptors (Lipinski definition) is 5. The average molecular weight is 337 g/mol. The largest absolute Gasteiger partial charge is 0.438 e. The number of hydrogen-bond donors (Lipinski definition) is 0. The second kappa shape index (κ2) is 6.65. The van der Waals surface area contributed by atoms with E-state index in [1.165, 1.54) is 6.08 Å². The first-order valence-electron chi connectivity index (χ1n) is 7.22. The molecular formula is C18H13ClN4O. The van der Waals surface area contributed by atoms with Crippen LogP contribution in [0, 0.1) is 25.2 Å². The molecule has 0 saturated heterocycles. The van der Waals surface area contributed by atoms with Crippen LogP contribution in [0.3, 0.4) is 0 Å². The molecule has 118 valence electrons. The fourth-order valence-electron chi connectivity index (χ4n) is 2.46. The SMILES string of the molecule is Cc1cc(/C=C/C#N)cc(C)c1Oc1nc(Cl)nc2ncccc12.